The van der Waals surface area contributed by atoms with E-state index in [1.54, 1.807) is 0 Å². The van der Waals surface area contributed by atoms with Gasteiger partial charge in [-0.3, -0.25) is 4.79 Å². The second-order valence-electron chi connectivity index (χ2n) is 4.74. The van der Waals surface area contributed by atoms with Crippen molar-refractivity contribution in [3.05, 3.63) is 0 Å². The van der Waals surface area contributed by atoms with E-state index in [2.05, 4.69) is 19.2 Å². The minimum atomic E-state index is 0.111. The Morgan fingerprint density at radius 3 is 2.60 bits per heavy atom. The lowest BCUT2D eigenvalue weighted by atomic mass is 9.94. The summed E-state index contributed by atoms with van der Waals surface area (Å²) in [6.07, 6.45) is 1.57. The summed E-state index contributed by atoms with van der Waals surface area (Å²) in [7, 11) is 0. The van der Waals surface area contributed by atoms with Crippen LogP contribution in [0.1, 0.15) is 26.7 Å². The molecule has 15 heavy (non-hydrogen) atoms. The molecule has 1 rings (SSSR count). The van der Waals surface area contributed by atoms with Crippen molar-refractivity contribution in [2.24, 2.45) is 17.6 Å². The van der Waals surface area contributed by atoms with Crippen molar-refractivity contribution in [1.82, 2.24) is 5.32 Å². The van der Waals surface area contributed by atoms with Crippen LogP contribution in [0.4, 0.5) is 0 Å². The molecule has 0 aromatic carbocycles. The normalized spacial score (nSPS) is 18.7. The van der Waals surface area contributed by atoms with Crippen LogP contribution in [-0.2, 0) is 9.53 Å². The monoisotopic (exact) mass is 214 g/mol. The van der Waals surface area contributed by atoms with E-state index >= 15 is 0 Å². The minimum Gasteiger partial charge on any atom is -0.377 e. The van der Waals surface area contributed by atoms with E-state index in [4.69, 9.17) is 10.5 Å². The van der Waals surface area contributed by atoms with Gasteiger partial charge in [-0.25, -0.2) is 0 Å². The van der Waals surface area contributed by atoms with Crippen molar-refractivity contribution in [3.63, 3.8) is 0 Å². The number of ether oxygens (including phenoxy) is 1. The second-order valence-corrected chi connectivity index (χ2v) is 4.74. The summed E-state index contributed by atoms with van der Waals surface area (Å²) < 4.78 is 4.99. The number of hydrogen-bond acceptors (Lipinski definition) is 3. The summed E-state index contributed by atoms with van der Waals surface area (Å²) in [5, 5.41) is 2.93. The number of carbonyl (C=O) groups is 1. The van der Waals surface area contributed by atoms with Crippen LogP contribution in [0.25, 0.3) is 0 Å². The van der Waals surface area contributed by atoms with Crippen LogP contribution in [0, 0.1) is 11.8 Å². The van der Waals surface area contributed by atoms with Crippen molar-refractivity contribution in [1.29, 1.82) is 0 Å². The molecule has 0 bridgehead atoms. The third-order valence-electron chi connectivity index (χ3n) is 2.62. The van der Waals surface area contributed by atoms with E-state index in [0.717, 1.165) is 6.42 Å². The minimum absolute atomic E-state index is 0.111. The number of nitrogens with two attached hydrogens (primary N) is 1. The lowest BCUT2D eigenvalue weighted by Gasteiger charge is -2.27. The molecule has 1 saturated heterocycles. The first-order valence-corrected chi connectivity index (χ1v) is 5.69. The first kappa shape index (κ1) is 12.5. The fraction of sp³-hybridized carbons (Fsp3) is 0.909. The Labute approximate surface area is 91.5 Å². The molecule has 0 spiro atoms. The van der Waals surface area contributed by atoms with Crippen LogP contribution < -0.4 is 11.1 Å². The molecule has 0 aromatic rings. The topological polar surface area (TPSA) is 64.4 Å². The molecule has 0 aromatic heterocycles. The fourth-order valence-electron chi connectivity index (χ4n) is 1.80. The Bertz CT molecular complexity index is 203. The standard InChI is InChI=1S/C11H22N2O2/c1-8(2)3-9(5-12)4-11(14)13-10-6-15-7-10/h8-10H,3-7,12H2,1-2H3,(H,13,14)/t9-/m0/s1. The average Bonchev–Trinajstić information content (AvgIpc) is 2.09. The molecule has 0 unspecified atom stereocenters. The molecule has 1 heterocycles. The molecule has 1 fully saturated rings. The van der Waals surface area contributed by atoms with Gasteiger partial charge in [0.2, 0.25) is 5.91 Å². The highest BCUT2D eigenvalue weighted by Crippen LogP contribution is 2.14. The van der Waals surface area contributed by atoms with E-state index in [-0.39, 0.29) is 11.9 Å². The number of amides is 1. The van der Waals surface area contributed by atoms with Gasteiger partial charge in [0.15, 0.2) is 0 Å². The number of nitrogens with one attached hydrogen (secondary N) is 1. The first-order chi connectivity index (χ1) is 7.11. The van der Waals surface area contributed by atoms with Gasteiger partial charge in [-0.05, 0) is 24.8 Å². The van der Waals surface area contributed by atoms with Crippen molar-refractivity contribution < 1.29 is 9.53 Å². The highest BCUT2D eigenvalue weighted by atomic mass is 16.5. The third-order valence-corrected chi connectivity index (χ3v) is 2.62. The molecule has 0 saturated carbocycles. The molecule has 4 heteroatoms. The zero-order valence-corrected chi connectivity index (χ0v) is 9.66. The molecule has 0 radical (unpaired) electrons. The SMILES string of the molecule is CC(C)C[C@H](CN)CC(=O)NC1COC1. The number of rotatable bonds is 6. The molecular weight excluding hydrogens is 192 g/mol. The molecule has 88 valence electrons. The van der Waals surface area contributed by atoms with Crippen molar-refractivity contribution in [3.8, 4) is 0 Å². The summed E-state index contributed by atoms with van der Waals surface area (Å²) in [5.74, 6) is 1.02. The first-order valence-electron chi connectivity index (χ1n) is 5.69. The molecule has 3 N–H and O–H groups in total. The molecule has 1 amide bonds. The molecule has 1 aliphatic heterocycles. The van der Waals surface area contributed by atoms with Gasteiger partial charge >= 0.3 is 0 Å². The van der Waals surface area contributed by atoms with Crippen LogP contribution in [0.5, 0.6) is 0 Å². The maximum absolute atomic E-state index is 11.6. The largest absolute Gasteiger partial charge is 0.377 e. The van der Waals surface area contributed by atoms with Gasteiger partial charge in [-0.1, -0.05) is 13.8 Å². The molecule has 4 nitrogen and oxygen atoms in total. The van der Waals surface area contributed by atoms with Gasteiger partial charge in [-0.2, -0.15) is 0 Å². The Hall–Kier alpha value is -0.610. The number of carbonyl (C=O) groups excluding carboxylic acids is 1. The Balaban J connectivity index is 2.20. The van der Waals surface area contributed by atoms with E-state index in [9.17, 15) is 4.79 Å². The molecule has 0 aliphatic carbocycles. The van der Waals surface area contributed by atoms with Crippen LogP contribution in [0.3, 0.4) is 0 Å². The summed E-state index contributed by atoms with van der Waals surface area (Å²) in [6, 6.07) is 0.231. The van der Waals surface area contributed by atoms with Crippen LogP contribution in [0.2, 0.25) is 0 Å². The van der Waals surface area contributed by atoms with E-state index < -0.39 is 0 Å². The van der Waals surface area contributed by atoms with Gasteiger partial charge in [0.25, 0.3) is 0 Å². The third kappa shape index (κ3) is 4.62. The van der Waals surface area contributed by atoms with Crippen molar-refractivity contribution >= 4 is 5.91 Å². The van der Waals surface area contributed by atoms with Gasteiger partial charge in [0.1, 0.15) is 0 Å². The molecular formula is C11H22N2O2. The predicted octanol–water partition coefficient (Wildman–Crippen LogP) is 0.513. The zero-order valence-electron chi connectivity index (χ0n) is 9.66. The maximum atomic E-state index is 11.6. The Kier molecular flexibility index (Phi) is 5.05. The molecule has 1 aliphatic rings. The van der Waals surface area contributed by atoms with E-state index in [1.165, 1.54) is 0 Å². The Morgan fingerprint density at radius 2 is 2.20 bits per heavy atom. The summed E-state index contributed by atoms with van der Waals surface area (Å²) in [4.78, 5) is 11.6. The highest BCUT2D eigenvalue weighted by molar-refractivity contribution is 5.76. The van der Waals surface area contributed by atoms with Crippen LogP contribution in [-0.4, -0.2) is 31.7 Å². The maximum Gasteiger partial charge on any atom is 0.220 e. The molecule has 1 atom stereocenters. The summed E-state index contributed by atoms with van der Waals surface area (Å²) in [5.41, 5.74) is 5.64. The zero-order chi connectivity index (χ0) is 11.3. The highest BCUT2D eigenvalue weighted by Gasteiger charge is 2.22. The Morgan fingerprint density at radius 1 is 1.53 bits per heavy atom. The smallest absolute Gasteiger partial charge is 0.220 e. The summed E-state index contributed by atoms with van der Waals surface area (Å²) in [6.45, 7) is 6.21. The van der Waals surface area contributed by atoms with Gasteiger partial charge in [0, 0.05) is 6.42 Å². The van der Waals surface area contributed by atoms with Crippen molar-refractivity contribution in [2.45, 2.75) is 32.7 Å². The predicted molar refractivity (Wildman–Crippen MR) is 59.4 cm³/mol. The van der Waals surface area contributed by atoms with E-state index in [0.29, 0.717) is 38.0 Å². The lowest BCUT2D eigenvalue weighted by Crippen LogP contribution is -2.49. The summed E-state index contributed by atoms with van der Waals surface area (Å²) >= 11 is 0. The van der Waals surface area contributed by atoms with Crippen molar-refractivity contribution in [2.75, 3.05) is 19.8 Å². The van der Waals surface area contributed by atoms with Gasteiger partial charge < -0.3 is 15.8 Å². The van der Waals surface area contributed by atoms with Crippen LogP contribution >= 0.6 is 0 Å². The lowest BCUT2D eigenvalue weighted by molar-refractivity contribution is -0.126. The second kappa shape index (κ2) is 6.08. The van der Waals surface area contributed by atoms with Gasteiger partial charge in [0.05, 0.1) is 19.3 Å². The quantitative estimate of drug-likeness (QED) is 0.677. The van der Waals surface area contributed by atoms with E-state index in [1.807, 2.05) is 0 Å². The average molecular weight is 214 g/mol. The fourth-order valence-corrected chi connectivity index (χ4v) is 1.80. The number of hydrogen-bond donors (Lipinski definition) is 2. The van der Waals surface area contributed by atoms with Gasteiger partial charge in [-0.15, -0.1) is 0 Å². The van der Waals surface area contributed by atoms with Crippen LogP contribution in [0.15, 0.2) is 0 Å².